The third-order valence-corrected chi connectivity index (χ3v) is 5.23. The molecular formula is C18H28N2. The first-order chi connectivity index (χ1) is 9.84. The summed E-state index contributed by atoms with van der Waals surface area (Å²) >= 11 is 0. The zero-order valence-electron chi connectivity index (χ0n) is 12.8. The SMILES string of the molecule is CCCN1CC(c2ccccc2)NCC12CCCCC2. The Balaban J connectivity index is 1.75. The van der Waals surface area contributed by atoms with E-state index in [4.69, 9.17) is 0 Å². The lowest BCUT2D eigenvalue weighted by molar-refractivity contribution is 0.00960. The molecule has 1 N–H and O–H groups in total. The Hall–Kier alpha value is -0.860. The van der Waals surface area contributed by atoms with Crippen molar-refractivity contribution in [1.82, 2.24) is 10.2 Å². The van der Waals surface area contributed by atoms with Gasteiger partial charge in [0, 0.05) is 24.7 Å². The van der Waals surface area contributed by atoms with Crippen molar-refractivity contribution in [3.05, 3.63) is 35.9 Å². The zero-order chi connectivity index (χ0) is 13.8. The van der Waals surface area contributed by atoms with Crippen LogP contribution in [0.25, 0.3) is 0 Å². The number of nitrogens with one attached hydrogen (secondary N) is 1. The molecule has 1 spiro atoms. The molecule has 1 saturated heterocycles. The fourth-order valence-electron chi connectivity index (χ4n) is 4.11. The van der Waals surface area contributed by atoms with E-state index in [2.05, 4.69) is 47.5 Å². The first-order valence-corrected chi connectivity index (χ1v) is 8.37. The summed E-state index contributed by atoms with van der Waals surface area (Å²) in [4.78, 5) is 2.81. The molecular weight excluding hydrogens is 244 g/mol. The van der Waals surface area contributed by atoms with Gasteiger partial charge >= 0.3 is 0 Å². The van der Waals surface area contributed by atoms with E-state index >= 15 is 0 Å². The largest absolute Gasteiger partial charge is 0.307 e. The zero-order valence-corrected chi connectivity index (χ0v) is 12.8. The number of hydrogen-bond donors (Lipinski definition) is 1. The van der Waals surface area contributed by atoms with Gasteiger partial charge in [-0.3, -0.25) is 4.90 Å². The van der Waals surface area contributed by atoms with Crippen LogP contribution in [-0.4, -0.2) is 30.1 Å². The maximum atomic E-state index is 3.84. The lowest BCUT2D eigenvalue weighted by atomic mass is 9.78. The van der Waals surface area contributed by atoms with Crippen molar-refractivity contribution in [2.45, 2.75) is 57.0 Å². The molecule has 1 aliphatic carbocycles. The summed E-state index contributed by atoms with van der Waals surface area (Å²) in [5.41, 5.74) is 1.90. The van der Waals surface area contributed by atoms with Gasteiger partial charge in [0.2, 0.25) is 0 Å². The molecule has 2 heteroatoms. The first kappa shape index (κ1) is 14.1. The predicted molar refractivity (Wildman–Crippen MR) is 84.9 cm³/mol. The van der Waals surface area contributed by atoms with Crippen LogP contribution in [0.4, 0.5) is 0 Å². The normalized spacial score (nSPS) is 26.8. The summed E-state index contributed by atoms with van der Waals surface area (Å²) in [5, 5.41) is 3.84. The standard InChI is InChI=1S/C18H28N2/c1-2-13-20-14-17(16-9-5-3-6-10-16)19-15-18(20)11-7-4-8-12-18/h3,5-6,9-10,17,19H,2,4,7-8,11-15H2,1H3. The van der Waals surface area contributed by atoms with E-state index < -0.39 is 0 Å². The van der Waals surface area contributed by atoms with Gasteiger partial charge in [-0.2, -0.15) is 0 Å². The highest BCUT2D eigenvalue weighted by atomic mass is 15.3. The van der Waals surface area contributed by atoms with Crippen LogP contribution in [0.2, 0.25) is 0 Å². The molecule has 3 rings (SSSR count). The third kappa shape index (κ3) is 2.77. The van der Waals surface area contributed by atoms with Crippen LogP contribution in [0.15, 0.2) is 30.3 Å². The van der Waals surface area contributed by atoms with Crippen molar-refractivity contribution in [2.75, 3.05) is 19.6 Å². The quantitative estimate of drug-likeness (QED) is 0.901. The maximum Gasteiger partial charge on any atom is 0.0450 e. The van der Waals surface area contributed by atoms with Gasteiger partial charge in [-0.1, -0.05) is 56.5 Å². The maximum absolute atomic E-state index is 3.84. The van der Waals surface area contributed by atoms with Gasteiger partial charge in [0.1, 0.15) is 0 Å². The van der Waals surface area contributed by atoms with Crippen molar-refractivity contribution in [2.24, 2.45) is 0 Å². The van der Waals surface area contributed by atoms with E-state index in [1.54, 1.807) is 0 Å². The van der Waals surface area contributed by atoms with Crippen molar-refractivity contribution < 1.29 is 0 Å². The Kier molecular flexibility index (Phi) is 4.42. The Labute approximate surface area is 123 Å². The molecule has 1 atom stereocenters. The molecule has 0 bridgehead atoms. The molecule has 0 aromatic heterocycles. The van der Waals surface area contributed by atoms with Crippen LogP contribution in [0.3, 0.4) is 0 Å². The van der Waals surface area contributed by atoms with Gasteiger partial charge in [-0.05, 0) is 31.4 Å². The van der Waals surface area contributed by atoms with Gasteiger partial charge in [0.15, 0.2) is 0 Å². The average molecular weight is 272 g/mol. The molecule has 0 amide bonds. The molecule has 1 heterocycles. The van der Waals surface area contributed by atoms with Crippen LogP contribution in [0.1, 0.15) is 57.1 Å². The third-order valence-electron chi connectivity index (χ3n) is 5.23. The van der Waals surface area contributed by atoms with Crippen molar-refractivity contribution >= 4 is 0 Å². The van der Waals surface area contributed by atoms with Gasteiger partial charge < -0.3 is 5.32 Å². The van der Waals surface area contributed by atoms with E-state index in [9.17, 15) is 0 Å². The minimum atomic E-state index is 0.458. The smallest absolute Gasteiger partial charge is 0.0450 e. The van der Waals surface area contributed by atoms with E-state index in [1.807, 2.05) is 0 Å². The van der Waals surface area contributed by atoms with Crippen LogP contribution < -0.4 is 5.32 Å². The minimum absolute atomic E-state index is 0.458. The van der Waals surface area contributed by atoms with Gasteiger partial charge in [0.25, 0.3) is 0 Å². The van der Waals surface area contributed by atoms with Crippen molar-refractivity contribution in [3.63, 3.8) is 0 Å². The summed E-state index contributed by atoms with van der Waals surface area (Å²) in [7, 11) is 0. The fourth-order valence-corrected chi connectivity index (χ4v) is 4.11. The van der Waals surface area contributed by atoms with Crippen LogP contribution in [0.5, 0.6) is 0 Å². The monoisotopic (exact) mass is 272 g/mol. The molecule has 20 heavy (non-hydrogen) atoms. The molecule has 2 fully saturated rings. The first-order valence-electron chi connectivity index (χ1n) is 8.37. The highest BCUT2D eigenvalue weighted by Crippen LogP contribution is 2.37. The molecule has 1 aromatic rings. The van der Waals surface area contributed by atoms with Crippen LogP contribution in [-0.2, 0) is 0 Å². The second-order valence-electron chi connectivity index (χ2n) is 6.58. The Morgan fingerprint density at radius 2 is 1.90 bits per heavy atom. The molecule has 1 aliphatic heterocycles. The second kappa shape index (κ2) is 6.28. The van der Waals surface area contributed by atoms with Gasteiger partial charge in [-0.25, -0.2) is 0 Å². The average Bonchev–Trinajstić information content (AvgIpc) is 2.52. The number of nitrogens with zero attached hydrogens (tertiary/aromatic N) is 1. The summed E-state index contributed by atoms with van der Waals surface area (Å²) in [5.74, 6) is 0. The molecule has 1 unspecified atom stereocenters. The van der Waals surface area contributed by atoms with Crippen molar-refractivity contribution in [1.29, 1.82) is 0 Å². The van der Waals surface area contributed by atoms with Crippen LogP contribution >= 0.6 is 0 Å². The summed E-state index contributed by atoms with van der Waals surface area (Å²) in [6.07, 6.45) is 8.31. The number of piperazine rings is 1. The van der Waals surface area contributed by atoms with E-state index in [1.165, 1.54) is 63.7 Å². The molecule has 110 valence electrons. The number of benzene rings is 1. The molecule has 1 saturated carbocycles. The molecule has 1 aromatic carbocycles. The Morgan fingerprint density at radius 3 is 2.60 bits per heavy atom. The molecule has 0 radical (unpaired) electrons. The van der Waals surface area contributed by atoms with E-state index in [-0.39, 0.29) is 0 Å². The van der Waals surface area contributed by atoms with E-state index in [0.29, 0.717) is 11.6 Å². The summed E-state index contributed by atoms with van der Waals surface area (Å²) < 4.78 is 0. The highest BCUT2D eigenvalue weighted by Gasteiger charge is 2.41. The number of hydrogen-bond acceptors (Lipinski definition) is 2. The summed E-state index contributed by atoms with van der Waals surface area (Å²) in [6.45, 7) is 5.92. The topological polar surface area (TPSA) is 15.3 Å². The molecule has 2 nitrogen and oxygen atoms in total. The van der Waals surface area contributed by atoms with Crippen molar-refractivity contribution in [3.8, 4) is 0 Å². The highest BCUT2D eigenvalue weighted by molar-refractivity contribution is 5.21. The lowest BCUT2D eigenvalue weighted by Crippen LogP contribution is -2.62. The summed E-state index contributed by atoms with van der Waals surface area (Å²) in [6, 6.07) is 11.5. The van der Waals surface area contributed by atoms with Gasteiger partial charge in [-0.15, -0.1) is 0 Å². The predicted octanol–water partition coefficient (Wildman–Crippen LogP) is 3.75. The lowest BCUT2D eigenvalue weighted by Gasteiger charge is -2.52. The second-order valence-corrected chi connectivity index (χ2v) is 6.58. The van der Waals surface area contributed by atoms with Gasteiger partial charge in [0.05, 0.1) is 0 Å². The Bertz CT molecular complexity index is 409. The number of rotatable bonds is 3. The fraction of sp³-hybridized carbons (Fsp3) is 0.667. The minimum Gasteiger partial charge on any atom is -0.307 e. The van der Waals surface area contributed by atoms with E-state index in [0.717, 1.165) is 0 Å². The molecule has 2 aliphatic rings. The van der Waals surface area contributed by atoms with Crippen LogP contribution in [0, 0.1) is 0 Å². The Morgan fingerprint density at radius 1 is 1.15 bits per heavy atom.